The molecule has 4 rings (SSSR count). The van der Waals surface area contributed by atoms with Gasteiger partial charge in [-0.05, 0) is 58.5 Å². The van der Waals surface area contributed by atoms with Crippen molar-refractivity contribution in [2.45, 2.75) is 13.0 Å². The van der Waals surface area contributed by atoms with Crippen molar-refractivity contribution >= 4 is 11.7 Å². The Morgan fingerprint density at radius 3 is 2.46 bits per heavy atom. The van der Waals surface area contributed by atoms with E-state index in [1.807, 2.05) is 12.1 Å². The highest BCUT2D eigenvalue weighted by Crippen LogP contribution is 2.37. The van der Waals surface area contributed by atoms with Gasteiger partial charge in [-0.15, -0.1) is 0 Å². The molecular formula is C21H17NO2. The SMILES string of the molecule is O=C(O)c1ccc(CNc2ccc3c(c2)Cc2ccccc2-3)cc1. The summed E-state index contributed by atoms with van der Waals surface area (Å²) in [7, 11) is 0. The first kappa shape index (κ1) is 14.5. The van der Waals surface area contributed by atoms with Gasteiger partial charge in [0.15, 0.2) is 0 Å². The van der Waals surface area contributed by atoms with E-state index in [0.717, 1.165) is 17.7 Å². The fourth-order valence-electron chi connectivity index (χ4n) is 3.22. The molecule has 0 saturated heterocycles. The summed E-state index contributed by atoms with van der Waals surface area (Å²) in [6.45, 7) is 0.672. The number of fused-ring (bicyclic) bond motifs is 3. The number of anilines is 1. The molecule has 24 heavy (non-hydrogen) atoms. The number of carbonyl (C=O) groups is 1. The number of carboxylic acid groups (broad SMARTS) is 1. The molecular weight excluding hydrogens is 298 g/mol. The Morgan fingerprint density at radius 2 is 1.67 bits per heavy atom. The predicted molar refractivity (Wildman–Crippen MR) is 95.4 cm³/mol. The molecule has 0 atom stereocenters. The lowest BCUT2D eigenvalue weighted by atomic mass is 10.1. The summed E-state index contributed by atoms with van der Waals surface area (Å²) in [5.41, 5.74) is 7.85. The van der Waals surface area contributed by atoms with Crippen LogP contribution in [0.1, 0.15) is 27.0 Å². The van der Waals surface area contributed by atoms with Crippen LogP contribution in [0.25, 0.3) is 11.1 Å². The molecule has 0 aliphatic heterocycles. The molecule has 0 heterocycles. The maximum atomic E-state index is 10.9. The summed E-state index contributed by atoms with van der Waals surface area (Å²) in [6.07, 6.45) is 0.980. The first-order chi connectivity index (χ1) is 11.7. The molecule has 3 heteroatoms. The zero-order valence-corrected chi connectivity index (χ0v) is 13.1. The number of hydrogen-bond acceptors (Lipinski definition) is 2. The lowest BCUT2D eigenvalue weighted by Gasteiger charge is -2.09. The maximum Gasteiger partial charge on any atom is 0.335 e. The quantitative estimate of drug-likeness (QED) is 0.580. The molecule has 0 spiro atoms. The topological polar surface area (TPSA) is 49.3 Å². The van der Waals surface area contributed by atoms with Gasteiger partial charge in [0.2, 0.25) is 0 Å². The number of hydrogen-bond donors (Lipinski definition) is 2. The van der Waals surface area contributed by atoms with Gasteiger partial charge in [0.05, 0.1) is 5.56 Å². The first-order valence-electron chi connectivity index (χ1n) is 7.98. The monoisotopic (exact) mass is 315 g/mol. The van der Waals surface area contributed by atoms with Crippen molar-refractivity contribution in [1.82, 2.24) is 0 Å². The largest absolute Gasteiger partial charge is 0.478 e. The third kappa shape index (κ3) is 2.65. The second kappa shape index (κ2) is 5.85. The molecule has 0 amide bonds. The fourth-order valence-corrected chi connectivity index (χ4v) is 3.22. The van der Waals surface area contributed by atoms with E-state index in [9.17, 15) is 4.79 Å². The van der Waals surface area contributed by atoms with Gasteiger partial charge in [0.25, 0.3) is 0 Å². The van der Waals surface area contributed by atoms with Crippen LogP contribution in [0.3, 0.4) is 0 Å². The van der Waals surface area contributed by atoms with Gasteiger partial charge >= 0.3 is 5.97 Å². The lowest BCUT2D eigenvalue weighted by Crippen LogP contribution is -2.01. The van der Waals surface area contributed by atoms with Crippen LogP contribution in [0.5, 0.6) is 0 Å². The minimum atomic E-state index is -0.896. The second-order valence-corrected chi connectivity index (χ2v) is 6.06. The summed E-state index contributed by atoms with van der Waals surface area (Å²) < 4.78 is 0. The van der Waals surface area contributed by atoms with Crippen molar-refractivity contribution in [3.63, 3.8) is 0 Å². The zero-order valence-electron chi connectivity index (χ0n) is 13.1. The molecule has 3 aromatic rings. The van der Waals surface area contributed by atoms with E-state index < -0.39 is 5.97 Å². The van der Waals surface area contributed by atoms with E-state index in [-0.39, 0.29) is 0 Å². The van der Waals surface area contributed by atoms with E-state index in [1.165, 1.54) is 22.3 Å². The van der Waals surface area contributed by atoms with E-state index in [4.69, 9.17) is 5.11 Å². The average molecular weight is 315 g/mol. The molecule has 1 aliphatic carbocycles. The van der Waals surface area contributed by atoms with Crippen LogP contribution >= 0.6 is 0 Å². The molecule has 0 radical (unpaired) electrons. The fraction of sp³-hybridized carbons (Fsp3) is 0.0952. The van der Waals surface area contributed by atoms with Gasteiger partial charge in [-0.1, -0.05) is 42.5 Å². The highest BCUT2D eigenvalue weighted by molar-refractivity contribution is 5.87. The van der Waals surface area contributed by atoms with Crippen LogP contribution in [0.4, 0.5) is 5.69 Å². The normalized spacial score (nSPS) is 11.7. The molecule has 2 N–H and O–H groups in total. The zero-order chi connectivity index (χ0) is 16.5. The molecule has 3 nitrogen and oxygen atoms in total. The smallest absolute Gasteiger partial charge is 0.335 e. The van der Waals surface area contributed by atoms with Crippen molar-refractivity contribution in [1.29, 1.82) is 0 Å². The Morgan fingerprint density at radius 1 is 0.917 bits per heavy atom. The Kier molecular flexibility index (Phi) is 3.54. The number of carboxylic acids is 1. The third-order valence-corrected chi connectivity index (χ3v) is 4.49. The van der Waals surface area contributed by atoms with Crippen LogP contribution < -0.4 is 5.32 Å². The molecule has 0 fully saturated rings. The maximum absolute atomic E-state index is 10.9. The van der Waals surface area contributed by atoms with Gasteiger partial charge in [0.1, 0.15) is 0 Å². The van der Waals surface area contributed by atoms with Crippen molar-refractivity contribution < 1.29 is 9.90 Å². The Balaban J connectivity index is 1.49. The number of benzene rings is 3. The summed E-state index contributed by atoms with van der Waals surface area (Å²) in [6, 6.07) is 22.0. The summed E-state index contributed by atoms with van der Waals surface area (Å²) in [5, 5.41) is 12.4. The highest BCUT2D eigenvalue weighted by atomic mass is 16.4. The second-order valence-electron chi connectivity index (χ2n) is 6.06. The average Bonchev–Trinajstić information content (AvgIpc) is 2.98. The lowest BCUT2D eigenvalue weighted by molar-refractivity contribution is 0.0697. The Bertz CT molecular complexity index is 913. The Hall–Kier alpha value is -3.07. The van der Waals surface area contributed by atoms with E-state index >= 15 is 0 Å². The number of rotatable bonds is 4. The molecule has 3 aromatic carbocycles. The van der Waals surface area contributed by atoms with E-state index in [1.54, 1.807) is 12.1 Å². The molecule has 0 unspecified atom stereocenters. The van der Waals surface area contributed by atoms with Gasteiger partial charge < -0.3 is 10.4 Å². The number of nitrogens with one attached hydrogen (secondary N) is 1. The van der Waals surface area contributed by atoms with Gasteiger partial charge in [0, 0.05) is 12.2 Å². The molecule has 118 valence electrons. The summed E-state index contributed by atoms with van der Waals surface area (Å²) in [4.78, 5) is 10.9. The number of aromatic carboxylic acids is 1. The van der Waals surface area contributed by atoms with Crippen molar-refractivity contribution in [3.05, 3.63) is 89.0 Å². The summed E-state index contributed by atoms with van der Waals surface area (Å²) >= 11 is 0. The minimum Gasteiger partial charge on any atom is -0.478 e. The van der Waals surface area contributed by atoms with Crippen LogP contribution in [0, 0.1) is 0 Å². The van der Waals surface area contributed by atoms with Crippen molar-refractivity contribution in [2.24, 2.45) is 0 Å². The van der Waals surface area contributed by atoms with Crippen molar-refractivity contribution in [3.8, 4) is 11.1 Å². The first-order valence-corrected chi connectivity index (χ1v) is 7.98. The van der Waals surface area contributed by atoms with Gasteiger partial charge in [-0.3, -0.25) is 0 Å². The highest BCUT2D eigenvalue weighted by Gasteiger charge is 2.17. The molecule has 0 bridgehead atoms. The van der Waals surface area contributed by atoms with Crippen LogP contribution in [-0.4, -0.2) is 11.1 Å². The molecule has 0 saturated carbocycles. The standard InChI is InChI=1S/C21H17NO2/c23-21(24)15-7-5-14(6-8-15)13-22-18-9-10-20-17(12-18)11-16-3-1-2-4-19(16)20/h1-10,12,22H,11,13H2,(H,23,24). The van der Waals surface area contributed by atoms with Gasteiger partial charge in [-0.2, -0.15) is 0 Å². The summed E-state index contributed by atoms with van der Waals surface area (Å²) in [5.74, 6) is -0.896. The minimum absolute atomic E-state index is 0.314. The van der Waals surface area contributed by atoms with Crippen LogP contribution in [0.2, 0.25) is 0 Å². The van der Waals surface area contributed by atoms with E-state index in [0.29, 0.717) is 12.1 Å². The Labute approximate surface area is 140 Å². The van der Waals surface area contributed by atoms with Crippen LogP contribution in [0.15, 0.2) is 66.7 Å². The predicted octanol–water partition coefficient (Wildman–Crippen LogP) is 4.57. The van der Waals surface area contributed by atoms with Crippen molar-refractivity contribution in [2.75, 3.05) is 5.32 Å². The molecule has 0 aromatic heterocycles. The molecule has 1 aliphatic rings. The third-order valence-electron chi connectivity index (χ3n) is 4.49. The van der Waals surface area contributed by atoms with Crippen LogP contribution in [-0.2, 0) is 13.0 Å². The van der Waals surface area contributed by atoms with E-state index in [2.05, 4.69) is 47.8 Å². The van der Waals surface area contributed by atoms with Gasteiger partial charge in [-0.25, -0.2) is 4.79 Å².